The van der Waals surface area contributed by atoms with Crippen LogP contribution in [0.1, 0.15) is 13.8 Å². The Bertz CT molecular complexity index is 555. The first kappa shape index (κ1) is 12.7. The molecular formula is C12H18N6. The van der Waals surface area contributed by atoms with Crippen LogP contribution in [0.2, 0.25) is 0 Å². The monoisotopic (exact) mass is 246 g/mol. The van der Waals surface area contributed by atoms with E-state index in [9.17, 15) is 0 Å². The van der Waals surface area contributed by atoms with E-state index in [1.807, 2.05) is 42.7 Å². The Balaban J connectivity index is 2.49. The van der Waals surface area contributed by atoms with Crippen molar-refractivity contribution in [3.8, 4) is 0 Å². The van der Waals surface area contributed by atoms with Gasteiger partial charge in [0, 0.05) is 0 Å². The Morgan fingerprint density at radius 3 is 2.67 bits per heavy atom. The summed E-state index contributed by atoms with van der Waals surface area (Å²) in [6.45, 7) is 4.39. The molecule has 4 N–H and O–H groups in total. The van der Waals surface area contributed by atoms with E-state index in [0.717, 1.165) is 11.0 Å². The Hall–Kier alpha value is -1.79. The average molecular weight is 246 g/mol. The lowest BCUT2D eigenvalue weighted by molar-refractivity contribution is 0.579. The predicted molar refractivity (Wildman–Crippen MR) is 71.5 cm³/mol. The largest absolute Gasteiger partial charge is 0.315 e. The minimum Gasteiger partial charge on any atom is -0.315 e. The van der Waals surface area contributed by atoms with Gasteiger partial charge < -0.3 is 16.0 Å². The maximum atomic E-state index is 5.66. The standard InChI is InChI=1S/C12H18N6/c1-8(2)16-17-12-15-9-5-3-4-6-10(9)18(12)7-11(13)14/h3-6,8,11H,7,13-14H2,1-2H3. The zero-order valence-electron chi connectivity index (χ0n) is 10.6. The molecule has 0 aliphatic rings. The van der Waals surface area contributed by atoms with Gasteiger partial charge in [0.2, 0.25) is 5.95 Å². The van der Waals surface area contributed by atoms with Crippen LogP contribution in [0.3, 0.4) is 0 Å². The molecule has 1 aromatic heterocycles. The van der Waals surface area contributed by atoms with Crippen LogP contribution in [0, 0.1) is 0 Å². The number of nitrogens with two attached hydrogens (primary N) is 2. The number of aromatic nitrogens is 2. The van der Waals surface area contributed by atoms with E-state index >= 15 is 0 Å². The van der Waals surface area contributed by atoms with Crippen molar-refractivity contribution in [3.05, 3.63) is 24.3 Å². The molecule has 0 spiro atoms. The molecule has 1 aromatic carbocycles. The van der Waals surface area contributed by atoms with E-state index in [-0.39, 0.29) is 6.04 Å². The van der Waals surface area contributed by atoms with Crippen molar-refractivity contribution in [1.29, 1.82) is 0 Å². The highest BCUT2D eigenvalue weighted by Crippen LogP contribution is 2.22. The van der Waals surface area contributed by atoms with E-state index in [0.29, 0.717) is 12.5 Å². The van der Waals surface area contributed by atoms with Crippen molar-refractivity contribution in [1.82, 2.24) is 9.55 Å². The lowest BCUT2D eigenvalue weighted by atomic mass is 10.3. The second-order valence-corrected chi connectivity index (χ2v) is 4.48. The molecule has 0 aliphatic carbocycles. The fourth-order valence-electron chi connectivity index (χ4n) is 1.70. The van der Waals surface area contributed by atoms with Crippen LogP contribution >= 0.6 is 0 Å². The van der Waals surface area contributed by atoms with Crippen LogP contribution in [-0.4, -0.2) is 21.8 Å². The number of imidazole rings is 1. The summed E-state index contributed by atoms with van der Waals surface area (Å²) in [5, 5.41) is 8.28. The zero-order valence-corrected chi connectivity index (χ0v) is 10.6. The molecular weight excluding hydrogens is 228 g/mol. The molecule has 0 fully saturated rings. The van der Waals surface area contributed by atoms with Crippen molar-refractivity contribution < 1.29 is 0 Å². The first-order valence-electron chi connectivity index (χ1n) is 5.95. The van der Waals surface area contributed by atoms with Gasteiger partial charge in [-0.25, -0.2) is 4.98 Å². The summed E-state index contributed by atoms with van der Waals surface area (Å²) in [6.07, 6.45) is -0.449. The molecule has 96 valence electrons. The minimum atomic E-state index is -0.449. The lowest BCUT2D eigenvalue weighted by Crippen LogP contribution is -2.34. The fraction of sp³-hybridized carbons (Fsp3) is 0.417. The number of benzene rings is 1. The maximum absolute atomic E-state index is 5.66. The molecule has 6 nitrogen and oxygen atoms in total. The van der Waals surface area contributed by atoms with Crippen LogP contribution < -0.4 is 11.5 Å². The van der Waals surface area contributed by atoms with Gasteiger partial charge in [-0.3, -0.25) is 0 Å². The summed E-state index contributed by atoms with van der Waals surface area (Å²) in [5.74, 6) is 0.547. The van der Waals surface area contributed by atoms with Gasteiger partial charge in [-0.15, -0.1) is 5.11 Å². The molecule has 2 rings (SSSR count). The Kier molecular flexibility index (Phi) is 3.69. The van der Waals surface area contributed by atoms with Gasteiger partial charge in [-0.2, -0.15) is 5.11 Å². The molecule has 0 saturated heterocycles. The molecule has 0 saturated carbocycles. The molecule has 1 heterocycles. The van der Waals surface area contributed by atoms with Crippen LogP contribution in [0.4, 0.5) is 5.95 Å². The van der Waals surface area contributed by atoms with Gasteiger partial charge in [0.05, 0.1) is 29.8 Å². The third-order valence-electron chi connectivity index (χ3n) is 2.41. The van der Waals surface area contributed by atoms with E-state index < -0.39 is 6.17 Å². The second kappa shape index (κ2) is 5.24. The van der Waals surface area contributed by atoms with E-state index in [2.05, 4.69) is 15.2 Å². The number of fused-ring (bicyclic) bond motifs is 1. The molecule has 0 aliphatic heterocycles. The number of nitrogens with zero attached hydrogens (tertiary/aromatic N) is 4. The van der Waals surface area contributed by atoms with Crippen LogP contribution in [0.25, 0.3) is 11.0 Å². The smallest absolute Gasteiger partial charge is 0.250 e. The summed E-state index contributed by atoms with van der Waals surface area (Å²) in [4.78, 5) is 4.43. The fourth-order valence-corrected chi connectivity index (χ4v) is 1.70. The minimum absolute atomic E-state index is 0.129. The van der Waals surface area contributed by atoms with Gasteiger partial charge in [-0.1, -0.05) is 12.1 Å². The molecule has 0 radical (unpaired) electrons. The Morgan fingerprint density at radius 1 is 1.28 bits per heavy atom. The van der Waals surface area contributed by atoms with Gasteiger partial charge >= 0.3 is 0 Å². The highest BCUT2D eigenvalue weighted by Gasteiger charge is 2.11. The Morgan fingerprint density at radius 2 is 2.00 bits per heavy atom. The molecule has 0 unspecified atom stereocenters. The molecule has 6 heteroatoms. The number of hydrogen-bond acceptors (Lipinski definition) is 5. The highest BCUT2D eigenvalue weighted by atomic mass is 15.3. The normalized spacial score (nSPS) is 12.3. The highest BCUT2D eigenvalue weighted by molar-refractivity contribution is 5.77. The van der Waals surface area contributed by atoms with E-state index in [1.54, 1.807) is 0 Å². The third-order valence-corrected chi connectivity index (χ3v) is 2.41. The molecule has 2 aromatic rings. The molecule has 0 bridgehead atoms. The summed E-state index contributed by atoms with van der Waals surface area (Å²) >= 11 is 0. The number of para-hydroxylation sites is 2. The first-order valence-corrected chi connectivity index (χ1v) is 5.95. The summed E-state index contributed by atoms with van der Waals surface area (Å²) < 4.78 is 1.89. The first-order chi connectivity index (χ1) is 8.58. The van der Waals surface area contributed by atoms with E-state index in [1.165, 1.54) is 0 Å². The number of azo groups is 1. The topological polar surface area (TPSA) is 94.6 Å². The SMILES string of the molecule is CC(C)N=Nc1nc2ccccc2n1CC(N)N. The van der Waals surface area contributed by atoms with Crippen molar-refractivity contribution in [3.63, 3.8) is 0 Å². The second-order valence-electron chi connectivity index (χ2n) is 4.48. The quantitative estimate of drug-likeness (QED) is 0.635. The lowest BCUT2D eigenvalue weighted by Gasteiger charge is -2.08. The van der Waals surface area contributed by atoms with Gasteiger partial charge in [-0.05, 0) is 26.0 Å². The zero-order chi connectivity index (χ0) is 13.1. The van der Waals surface area contributed by atoms with Crippen molar-refractivity contribution in [2.45, 2.75) is 32.6 Å². The maximum Gasteiger partial charge on any atom is 0.250 e. The number of hydrogen-bond donors (Lipinski definition) is 2. The van der Waals surface area contributed by atoms with Crippen molar-refractivity contribution in [2.24, 2.45) is 21.7 Å². The van der Waals surface area contributed by atoms with Crippen LogP contribution in [0.5, 0.6) is 0 Å². The number of rotatable bonds is 4. The van der Waals surface area contributed by atoms with Gasteiger partial charge in [0.1, 0.15) is 0 Å². The molecule has 18 heavy (non-hydrogen) atoms. The summed E-state index contributed by atoms with van der Waals surface area (Å²) in [6, 6.07) is 7.92. The van der Waals surface area contributed by atoms with Crippen molar-refractivity contribution in [2.75, 3.05) is 0 Å². The van der Waals surface area contributed by atoms with Crippen LogP contribution in [-0.2, 0) is 6.54 Å². The van der Waals surface area contributed by atoms with Crippen LogP contribution in [0.15, 0.2) is 34.5 Å². The molecule has 0 amide bonds. The Labute approximate surface area is 106 Å². The summed E-state index contributed by atoms with van der Waals surface area (Å²) in [5.41, 5.74) is 13.2. The molecule has 0 atom stereocenters. The van der Waals surface area contributed by atoms with E-state index in [4.69, 9.17) is 11.5 Å². The van der Waals surface area contributed by atoms with Gasteiger partial charge in [0.25, 0.3) is 0 Å². The van der Waals surface area contributed by atoms with Gasteiger partial charge in [0.15, 0.2) is 0 Å². The predicted octanol–water partition coefficient (Wildman–Crippen LogP) is 1.77. The average Bonchev–Trinajstić information content (AvgIpc) is 2.64. The van der Waals surface area contributed by atoms with Crippen molar-refractivity contribution >= 4 is 17.0 Å². The summed E-state index contributed by atoms with van der Waals surface area (Å²) in [7, 11) is 0. The third kappa shape index (κ3) is 2.72.